The predicted octanol–water partition coefficient (Wildman–Crippen LogP) is 3.67. The molecule has 0 spiro atoms. The summed E-state index contributed by atoms with van der Waals surface area (Å²) in [7, 11) is 1.51. The molecule has 0 aliphatic carbocycles. The molecule has 0 saturated carbocycles. The molecule has 2 aromatic carbocycles. The van der Waals surface area contributed by atoms with Gasteiger partial charge in [-0.3, -0.25) is 14.5 Å². The van der Waals surface area contributed by atoms with E-state index in [0.29, 0.717) is 11.1 Å². The van der Waals surface area contributed by atoms with Gasteiger partial charge < -0.3 is 0 Å². The summed E-state index contributed by atoms with van der Waals surface area (Å²) in [5.41, 5.74) is 0.984. The number of imide groups is 1. The summed E-state index contributed by atoms with van der Waals surface area (Å²) >= 11 is 3.85. The summed E-state index contributed by atoms with van der Waals surface area (Å²) < 4.78 is 1.17. The fourth-order valence-electron chi connectivity index (χ4n) is 2.07. The number of halogens is 1. The summed E-state index contributed by atoms with van der Waals surface area (Å²) in [6.07, 6.45) is 0. The number of benzene rings is 2. The Morgan fingerprint density at radius 1 is 0.950 bits per heavy atom. The van der Waals surface area contributed by atoms with Gasteiger partial charge in [0.05, 0.1) is 11.1 Å². The summed E-state index contributed by atoms with van der Waals surface area (Å²) in [5.74, 6) is -0.453. The Bertz CT molecular complexity index is 730. The Balaban J connectivity index is 1.95. The minimum atomic E-state index is -0.227. The van der Waals surface area contributed by atoms with Crippen LogP contribution in [-0.4, -0.2) is 23.8 Å². The van der Waals surface area contributed by atoms with E-state index < -0.39 is 0 Å². The number of carbonyl (C=O) groups excluding carboxylic acids is 2. The number of rotatable bonds is 2. The fraction of sp³-hybridized carbons (Fsp3) is 0.0667. The molecular weight excluding hydrogens is 385 g/mol. The molecule has 20 heavy (non-hydrogen) atoms. The highest BCUT2D eigenvalue weighted by molar-refractivity contribution is 14.1. The molecule has 0 N–H and O–H groups in total. The quantitative estimate of drug-likeness (QED) is 0.575. The SMILES string of the molecule is CN1C(=O)c2ccc(Sc3cccc(I)c3)cc2C1=O. The monoisotopic (exact) mass is 395 g/mol. The van der Waals surface area contributed by atoms with Gasteiger partial charge in [-0.25, -0.2) is 0 Å². The minimum absolute atomic E-state index is 0.226. The lowest BCUT2D eigenvalue weighted by molar-refractivity contribution is 0.0693. The lowest BCUT2D eigenvalue weighted by atomic mass is 10.1. The second-order valence-electron chi connectivity index (χ2n) is 4.44. The third-order valence-electron chi connectivity index (χ3n) is 3.09. The first-order valence-electron chi connectivity index (χ1n) is 5.96. The summed E-state index contributed by atoms with van der Waals surface area (Å²) in [6.45, 7) is 0. The molecule has 0 atom stereocenters. The van der Waals surface area contributed by atoms with E-state index in [9.17, 15) is 9.59 Å². The molecule has 2 amide bonds. The normalized spacial score (nSPS) is 13.8. The summed E-state index contributed by atoms with van der Waals surface area (Å²) in [6, 6.07) is 13.5. The van der Waals surface area contributed by atoms with E-state index in [1.165, 1.54) is 10.6 Å². The zero-order chi connectivity index (χ0) is 14.3. The van der Waals surface area contributed by atoms with E-state index in [-0.39, 0.29) is 11.8 Å². The van der Waals surface area contributed by atoms with E-state index in [2.05, 4.69) is 28.7 Å². The van der Waals surface area contributed by atoms with Gasteiger partial charge in [-0.15, -0.1) is 0 Å². The molecule has 0 saturated heterocycles. The molecule has 0 aromatic heterocycles. The lowest BCUT2D eigenvalue weighted by Crippen LogP contribution is -2.24. The Hall–Kier alpha value is -1.34. The molecule has 2 aromatic rings. The van der Waals surface area contributed by atoms with Crippen LogP contribution >= 0.6 is 34.4 Å². The van der Waals surface area contributed by atoms with Crippen molar-refractivity contribution in [1.82, 2.24) is 4.90 Å². The molecule has 1 aliphatic heterocycles. The van der Waals surface area contributed by atoms with E-state index in [4.69, 9.17) is 0 Å². The van der Waals surface area contributed by atoms with Crippen LogP contribution in [0.4, 0.5) is 0 Å². The van der Waals surface area contributed by atoms with Crippen LogP contribution in [0.3, 0.4) is 0 Å². The van der Waals surface area contributed by atoms with Crippen molar-refractivity contribution in [3.05, 3.63) is 57.2 Å². The highest BCUT2D eigenvalue weighted by atomic mass is 127. The van der Waals surface area contributed by atoms with Crippen molar-refractivity contribution in [2.75, 3.05) is 7.05 Å². The largest absolute Gasteiger partial charge is 0.277 e. The third kappa shape index (κ3) is 2.35. The van der Waals surface area contributed by atoms with Crippen LogP contribution in [0.25, 0.3) is 0 Å². The fourth-order valence-corrected chi connectivity index (χ4v) is 3.74. The Morgan fingerprint density at radius 3 is 2.40 bits per heavy atom. The van der Waals surface area contributed by atoms with Crippen molar-refractivity contribution in [2.24, 2.45) is 0 Å². The zero-order valence-electron chi connectivity index (χ0n) is 10.6. The van der Waals surface area contributed by atoms with Crippen molar-refractivity contribution in [1.29, 1.82) is 0 Å². The van der Waals surface area contributed by atoms with Crippen LogP contribution in [0.5, 0.6) is 0 Å². The van der Waals surface area contributed by atoms with Crippen LogP contribution in [0.2, 0.25) is 0 Å². The van der Waals surface area contributed by atoms with Crippen LogP contribution in [0.15, 0.2) is 52.3 Å². The smallest absolute Gasteiger partial charge is 0.261 e. The van der Waals surface area contributed by atoms with Gasteiger partial charge in [-0.2, -0.15) is 0 Å². The molecule has 3 nitrogen and oxygen atoms in total. The molecule has 3 rings (SSSR count). The zero-order valence-corrected chi connectivity index (χ0v) is 13.6. The van der Waals surface area contributed by atoms with Crippen molar-refractivity contribution < 1.29 is 9.59 Å². The topological polar surface area (TPSA) is 37.4 Å². The van der Waals surface area contributed by atoms with Gasteiger partial charge in [0.2, 0.25) is 0 Å². The molecule has 0 unspecified atom stereocenters. The number of nitrogens with zero attached hydrogens (tertiary/aromatic N) is 1. The molecule has 100 valence electrons. The molecule has 0 radical (unpaired) electrons. The van der Waals surface area contributed by atoms with Crippen molar-refractivity contribution >= 4 is 46.2 Å². The second kappa shape index (κ2) is 5.21. The van der Waals surface area contributed by atoms with Crippen molar-refractivity contribution in [3.63, 3.8) is 0 Å². The number of hydrogen-bond donors (Lipinski definition) is 0. The van der Waals surface area contributed by atoms with Gasteiger partial charge >= 0.3 is 0 Å². The highest BCUT2D eigenvalue weighted by Gasteiger charge is 2.32. The summed E-state index contributed by atoms with van der Waals surface area (Å²) in [5, 5.41) is 0. The van der Waals surface area contributed by atoms with Gasteiger partial charge in [-0.05, 0) is 59.0 Å². The van der Waals surface area contributed by atoms with Gasteiger partial charge in [0.1, 0.15) is 0 Å². The van der Waals surface area contributed by atoms with Crippen LogP contribution < -0.4 is 0 Å². The Labute approximate surface area is 134 Å². The molecule has 0 bridgehead atoms. The highest BCUT2D eigenvalue weighted by Crippen LogP contribution is 2.32. The van der Waals surface area contributed by atoms with E-state index >= 15 is 0 Å². The first kappa shape index (κ1) is 13.6. The number of carbonyl (C=O) groups is 2. The third-order valence-corrected chi connectivity index (χ3v) is 4.74. The maximum atomic E-state index is 12.0. The molecule has 0 fully saturated rings. The van der Waals surface area contributed by atoms with Gasteiger partial charge in [0.25, 0.3) is 11.8 Å². The van der Waals surface area contributed by atoms with E-state index in [1.807, 2.05) is 24.3 Å². The van der Waals surface area contributed by atoms with E-state index in [1.54, 1.807) is 23.9 Å². The molecule has 5 heteroatoms. The molecular formula is C15H10INO2S. The second-order valence-corrected chi connectivity index (χ2v) is 6.83. The molecule has 1 heterocycles. The van der Waals surface area contributed by atoms with Gasteiger partial charge in [0.15, 0.2) is 0 Å². The van der Waals surface area contributed by atoms with E-state index in [0.717, 1.165) is 14.7 Å². The maximum absolute atomic E-state index is 12.0. The average Bonchev–Trinajstić information content (AvgIpc) is 2.64. The average molecular weight is 395 g/mol. The predicted molar refractivity (Wildman–Crippen MR) is 86.1 cm³/mol. The van der Waals surface area contributed by atoms with Crippen LogP contribution in [0, 0.1) is 3.57 Å². The van der Waals surface area contributed by atoms with Gasteiger partial charge in [0, 0.05) is 20.4 Å². The van der Waals surface area contributed by atoms with Gasteiger partial charge in [-0.1, -0.05) is 17.8 Å². The Morgan fingerprint density at radius 2 is 1.65 bits per heavy atom. The van der Waals surface area contributed by atoms with Crippen molar-refractivity contribution in [2.45, 2.75) is 9.79 Å². The summed E-state index contributed by atoms with van der Waals surface area (Å²) in [4.78, 5) is 27.0. The van der Waals surface area contributed by atoms with Crippen molar-refractivity contribution in [3.8, 4) is 0 Å². The number of amides is 2. The Kier molecular flexibility index (Phi) is 3.55. The van der Waals surface area contributed by atoms with Crippen LogP contribution in [-0.2, 0) is 0 Å². The standard InChI is InChI=1S/C15H10INO2S/c1-17-14(18)12-6-5-11(8-13(12)15(17)19)20-10-4-2-3-9(16)7-10/h2-8H,1H3. The van der Waals surface area contributed by atoms with Crippen LogP contribution in [0.1, 0.15) is 20.7 Å². The maximum Gasteiger partial charge on any atom is 0.261 e. The lowest BCUT2D eigenvalue weighted by Gasteiger charge is -2.04. The minimum Gasteiger partial charge on any atom is -0.277 e. The number of fused-ring (bicyclic) bond motifs is 1. The molecule has 1 aliphatic rings. The number of hydrogen-bond acceptors (Lipinski definition) is 3. The first-order chi connectivity index (χ1) is 9.56. The first-order valence-corrected chi connectivity index (χ1v) is 7.85.